The van der Waals surface area contributed by atoms with Gasteiger partial charge in [0.05, 0.1) is 21.3 Å². The highest BCUT2D eigenvalue weighted by atomic mass is 31.2. The summed E-state index contributed by atoms with van der Waals surface area (Å²) in [5, 5.41) is 2.33. The predicted molar refractivity (Wildman–Crippen MR) is 102 cm³/mol. The van der Waals surface area contributed by atoms with Crippen LogP contribution in [0.3, 0.4) is 0 Å². The topological polar surface area (TPSA) is 133 Å². The minimum absolute atomic E-state index is 0.0556. The van der Waals surface area contributed by atoms with Gasteiger partial charge in [-0.15, -0.1) is 0 Å². The van der Waals surface area contributed by atoms with Crippen LogP contribution < -0.4 is 24.3 Å². The summed E-state index contributed by atoms with van der Waals surface area (Å²) in [5.41, 5.74) is -2.70. The quantitative estimate of drug-likeness (QED) is 0.292. The summed E-state index contributed by atoms with van der Waals surface area (Å²) in [6, 6.07) is 11.9. The zero-order chi connectivity index (χ0) is 21.5. The number of carbonyl (C=O) groups is 1. The summed E-state index contributed by atoms with van der Waals surface area (Å²) in [4.78, 5) is 31.6. The Morgan fingerprint density at radius 3 is 1.55 bits per heavy atom. The first-order valence-corrected chi connectivity index (χ1v) is 9.88. The number of rotatable bonds is 10. The fourth-order valence-corrected chi connectivity index (χ4v) is 2.91. The third-order valence-corrected chi connectivity index (χ3v) is 4.81. The van der Waals surface area contributed by atoms with Gasteiger partial charge in [0, 0.05) is 0 Å². The molecule has 0 unspecified atom stereocenters. The van der Waals surface area contributed by atoms with E-state index in [1.165, 1.54) is 62.8 Å². The van der Waals surface area contributed by atoms with Crippen molar-refractivity contribution in [2.75, 3.05) is 27.9 Å². The monoisotopic (exact) mass is 427 g/mol. The zero-order valence-corrected chi connectivity index (χ0v) is 16.9. The van der Waals surface area contributed by atoms with Crippen molar-refractivity contribution < 1.29 is 42.8 Å². The van der Waals surface area contributed by atoms with E-state index < -0.39 is 25.8 Å². The van der Waals surface area contributed by atoms with E-state index in [4.69, 9.17) is 18.9 Å². The molecule has 0 amide bonds. The Bertz CT molecular complexity index is 799. The first-order chi connectivity index (χ1) is 13.7. The van der Waals surface area contributed by atoms with Crippen molar-refractivity contribution >= 4 is 13.6 Å². The molecule has 158 valence electrons. The van der Waals surface area contributed by atoms with Gasteiger partial charge >= 0.3 is 19.2 Å². The maximum absolute atomic E-state index is 12.4. The predicted octanol–water partition coefficient (Wildman–Crippen LogP) is 1.71. The lowest BCUT2D eigenvalue weighted by atomic mass is 10.3. The average Bonchev–Trinajstić information content (AvgIpc) is 2.72. The summed E-state index contributed by atoms with van der Waals surface area (Å²) in [7, 11) is -1.09. The molecule has 3 N–H and O–H groups in total. The molecule has 0 aromatic heterocycles. The molecule has 10 nitrogen and oxygen atoms in total. The van der Waals surface area contributed by atoms with Crippen molar-refractivity contribution in [1.29, 1.82) is 0 Å². The molecule has 0 atom stereocenters. The molecule has 0 radical (unpaired) electrons. The van der Waals surface area contributed by atoms with E-state index in [0.29, 0.717) is 11.5 Å². The first kappa shape index (κ1) is 22.5. The number of hydrogen-bond acceptors (Lipinski definition) is 8. The van der Waals surface area contributed by atoms with Gasteiger partial charge < -0.3 is 33.5 Å². The highest BCUT2D eigenvalue weighted by molar-refractivity contribution is 7.53. The SMILES string of the molecule is COC(=O)CNC(Oc1ccc(OC)cc1)(Oc1ccc(OC)cc1)P(=O)(O)O. The molecule has 0 saturated carbocycles. The molecule has 0 heterocycles. The van der Waals surface area contributed by atoms with Crippen molar-refractivity contribution in [2.24, 2.45) is 0 Å². The number of nitrogens with one attached hydrogen (secondary N) is 1. The number of hydrogen-bond donors (Lipinski definition) is 3. The number of benzene rings is 2. The standard InChI is InChI=1S/C18H22NO9P/c1-24-13-4-8-15(9-5-13)27-18(29(21,22)23,19-12-17(20)26-3)28-16-10-6-14(25-2)7-11-16/h4-11,19H,12H2,1-3H3,(H2,21,22,23). The molecule has 29 heavy (non-hydrogen) atoms. The number of ether oxygens (including phenoxy) is 5. The van der Waals surface area contributed by atoms with Crippen molar-refractivity contribution in [3.63, 3.8) is 0 Å². The molecule has 2 aromatic rings. The molecule has 2 aromatic carbocycles. The van der Waals surface area contributed by atoms with Crippen LogP contribution in [0.4, 0.5) is 0 Å². The van der Waals surface area contributed by atoms with Gasteiger partial charge in [0.25, 0.3) is 0 Å². The minimum atomic E-state index is -5.17. The summed E-state index contributed by atoms with van der Waals surface area (Å²) >= 11 is 0. The van der Waals surface area contributed by atoms with E-state index in [1.807, 2.05) is 0 Å². The smallest absolute Gasteiger partial charge is 0.428 e. The van der Waals surface area contributed by atoms with Crippen LogP contribution in [0.2, 0.25) is 0 Å². The Balaban J connectivity index is 2.42. The molecular weight excluding hydrogens is 405 g/mol. The van der Waals surface area contributed by atoms with Gasteiger partial charge in [-0.25, -0.2) is 9.88 Å². The van der Waals surface area contributed by atoms with Gasteiger partial charge in [0.15, 0.2) is 0 Å². The van der Waals surface area contributed by atoms with Gasteiger partial charge in [-0.2, -0.15) is 0 Å². The minimum Gasteiger partial charge on any atom is -0.497 e. The summed E-state index contributed by atoms with van der Waals surface area (Å²) < 4.78 is 38.1. The number of carbonyl (C=O) groups excluding carboxylic acids is 1. The lowest BCUT2D eigenvalue weighted by Crippen LogP contribution is -2.56. The van der Waals surface area contributed by atoms with Crippen molar-refractivity contribution in [2.45, 2.75) is 5.65 Å². The Kier molecular flexibility index (Phi) is 7.46. The van der Waals surface area contributed by atoms with E-state index in [1.54, 1.807) is 0 Å². The largest absolute Gasteiger partial charge is 0.497 e. The van der Waals surface area contributed by atoms with Crippen LogP contribution in [0.1, 0.15) is 0 Å². The Morgan fingerprint density at radius 2 is 1.24 bits per heavy atom. The van der Waals surface area contributed by atoms with Gasteiger partial charge in [-0.05, 0) is 48.5 Å². The van der Waals surface area contributed by atoms with E-state index in [-0.39, 0.29) is 11.5 Å². The lowest BCUT2D eigenvalue weighted by Gasteiger charge is -2.34. The summed E-state index contributed by atoms with van der Waals surface area (Å²) in [6.45, 7) is -0.589. The van der Waals surface area contributed by atoms with E-state index in [2.05, 4.69) is 10.1 Å². The molecule has 11 heteroatoms. The Morgan fingerprint density at radius 1 is 0.862 bits per heavy atom. The molecule has 0 aliphatic rings. The zero-order valence-electron chi connectivity index (χ0n) is 16.0. The van der Waals surface area contributed by atoms with Gasteiger partial charge in [0.1, 0.15) is 29.5 Å². The highest BCUT2D eigenvalue weighted by Gasteiger charge is 2.54. The number of esters is 1. The van der Waals surface area contributed by atoms with Crippen LogP contribution in [0.5, 0.6) is 23.0 Å². The molecule has 0 saturated heterocycles. The fourth-order valence-electron chi connectivity index (χ4n) is 2.18. The van der Waals surface area contributed by atoms with Crippen LogP contribution in [0.15, 0.2) is 48.5 Å². The normalized spacial score (nSPS) is 11.5. The number of methoxy groups -OCH3 is 3. The third kappa shape index (κ3) is 5.85. The first-order valence-electron chi connectivity index (χ1n) is 8.26. The summed E-state index contributed by atoms with van der Waals surface area (Å²) in [5.74, 6) is 0.356. The third-order valence-electron chi connectivity index (χ3n) is 3.70. The fraction of sp³-hybridized carbons (Fsp3) is 0.278. The van der Waals surface area contributed by atoms with E-state index >= 15 is 0 Å². The highest BCUT2D eigenvalue weighted by Crippen LogP contribution is 2.50. The van der Waals surface area contributed by atoms with E-state index in [0.717, 1.165) is 7.11 Å². The van der Waals surface area contributed by atoms with Crippen LogP contribution in [0, 0.1) is 0 Å². The summed E-state index contributed by atoms with van der Waals surface area (Å²) in [6.07, 6.45) is 0. The molecule has 0 aliphatic heterocycles. The average molecular weight is 427 g/mol. The van der Waals surface area contributed by atoms with Crippen LogP contribution in [-0.2, 0) is 14.1 Å². The second-order valence-electron chi connectivity index (χ2n) is 5.61. The molecule has 0 fully saturated rings. The molecular formula is C18H22NO9P. The lowest BCUT2D eigenvalue weighted by molar-refractivity contribution is -0.143. The Hall–Kier alpha value is -2.78. The Labute approximate surface area is 167 Å². The van der Waals surface area contributed by atoms with Crippen LogP contribution in [-0.4, -0.2) is 49.3 Å². The van der Waals surface area contributed by atoms with Crippen LogP contribution >= 0.6 is 7.60 Å². The maximum atomic E-state index is 12.4. The van der Waals surface area contributed by atoms with Crippen molar-refractivity contribution in [3.8, 4) is 23.0 Å². The van der Waals surface area contributed by atoms with Gasteiger partial charge in [-0.3, -0.25) is 4.79 Å². The van der Waals surface area contributed by atoms with Gasteiger partial charge in [-0.1, -0.05) is 0 Å². The molecule has 2 rings (SSSR count). The van der Waals surface area contributed by atoms with Gasteiger partial charge in [0.2, 0.25) is 0 Å². The maximum Gasteiger partial charge on any atom is 0.428 e. The van der Waals surface area contributed by atoms with Crippen molar-refractivity contribution in [1.82, 2.24) is 5.32 Å². The molecule has 0 spiro atoms. The molecule has 0 bridgehead atoms. The van der Waals surface area contributed by atoms with Crippen LogP contribution in [0.25, 0.3) is 0 Å². The van der Waals surface area contributed by atoms with Crippen molar-refractivity contribution in [3.05, 3.63) is 48.5 Å². The van der Waals surface area contributed by atoms with E-state index in [9.17, 15) is 19.1 Å². The second kappa shape index (κ2) is 9.62. The second-order valence-corrected chi connectivity index (χ2v) is 7.29. The molecule has 0 aliphatic carbocycles.